The zero-order valence-corrected chi connectivity index (χ0v) is 8.82. The SMILES string of the molecule is CC(C)(O)Cn1cc(S(N)(=O)=O)cn1. The van der Waals surface area contributed by atoms with E-state index in [4.69, 9.17) is 5.14 Å². The van der Waals surface area contributed by atoms with E-state index in [9.17, 15) is 13.5 Å². The number of sulfonamides is 1. The number of rotatable bonds is 3. The van der Waals surface area contributed by atoms with E-state index < -0.39 is 15.6 Å². The maximum Gasteiger partial charge on any atom is 0.241 e. The molecular formula is C7H13N3O3S. The minimum atomic E-state index is -3.70. The van der Waals surface area contributed by atoms with E-state index in [-0.39, 0.29) is 11.4 Å². The van der Waals surface area contributed by atoms with Crippen molar-refractivity contribution < 1.29 is 13.5 Å². The Morgan fingerprint density at radius 3 is 2.57 bits per heavy atom. The summed E-state index contributed by atoms with van der Waals surface area (Å²) in [7, 11) is -3.70. The maximum atomic E-state index is 10.9. The largest absolute Gasteiger partial charge is 0.389 e. The number of nitrogens with zero attached hydrogens (tertiary/aromatic N) is 2. The molecule has 1 heterocycles. The van der Waals surface area contributed by atoms with Gasteiger partial charge in [0.25, 0.3) is 0 Å². The predicted molar refractivity (Wildman–Crippen MR) is 49.9 cm³/mol. The molecule has 80 valence electrons. The Morgan fingerprint density at radius 1 is 1.64 bits per heavy atom. The van der Waals surface area contributed by atoms with Crippen LogP contribution in [0, 0.1) is 0 Å². The molecule has 0 unspecified atom stereocenters. The average molecular weight is 219 g/mol. The maximum absolute atomic E-state index is 10.9. The molecule has 7 heteroatoms. The Balaban J connectivity index is 2.90. The average Bonchev–Trinajstić information content (AvgIpc) is 2.29. The number of hydrogen-bond donors (Lipinski definition) is 2. The van der Waals surface area contributed by atoms with Crippen molar-refractivity contribution in [3.05, 3.63) is 12.4 Å². The molecule has 0 aliphatic carbocycles. The number of hydrogen-bond acceptors (Lipinski definition) is 4. The Morgan fingerprint density at radius 2 is 2.21 bits per heavy atom. The summed E-state index contributed by atoms with van der Waals surface area (Å²) in [6, 6.07) is 0. The van der Waals surface area contributed by atoms with Crippen LogP contribution in [0.4, 0.5) is 0 Å². The standard InChI is InChI=1S/C7H13N3O3S/c1-7(2,11)5-10-4-6(3-9-10)14(8,12)13/h3-4,11H,5H2,1-2H3,(H2,8,12,13). The van der Waals surface area contributed by atoms with Crippen LogP contribution in [0.3, 0.4) is 0 Å². The fraction of sp³-hybridized carbons (Fsp3) is 0.571. The van der Waals surface area contributed by atoms with E-state index in [2.05, 4.69) is 5.10 Å². The molecule has 6 nitrogen and oxygen atoms in total. The molecule has 0 fully saturated rings. The van der Waals surface area contributed by atoms with Gasteiger partial charge in [0.2, 0.25) is 10.0 Å². The van der Waals surface area contributed by atoms with Gasteiger partial charge < -0.3 is 5.11 Å². The van der Waals surface area contributed by atoms with E-state index in [1.165, 1.54) is 10.9 Å². The van der Waals surface area contributed by atoms with Crippen LogP contribution in [0.1, 0.15) is 13.8 Å². The molecule has 0 aromatic carbocycles. The molecule has 3 N–H and O–H groups in total. The number of aliphatic hydroxyl groups is 1. The molecule has 0 atom stereocenters. The molecule has 0 radical (unpaired) electrons. The van der Waals surface area contributed by atoms with Gasteiger partial charge in [0, 0.05) is 6.20 Å². The second-order valence-electron chi connectivity index (χ2n) is 3.73. The van der Waals surface area contributed by atoms with E-state index in [1.807, 2.05) is 0 Å². The fourth-order valence-corrected chi connectivity index (χ4v) is 1.44. The van der Waals surface area contributed by atoms with Crippen molar-refractivity contribution in [2.75, 3.05) is 0 Å². The molecule has 1 aromatic heterocycles. The number of nitrogens with two attached hydrogens (primary N) is 1. The Bertz CT molecular complexity index is 416. The van der Waals surface area contributed by atoms with Crippen LogP contribution in [-0.4, -0.2) is 28.9 Å². The van der Waals surface area contributed by atoms with Gasteiger partial charge in [-0.25, -0.2) is 13.6 Å². The smallest absolute Gasteiger partial charge is 0.241 e. The lowest BCUT2D eigenvalue weighted by Gasteiger charge is -2.16. The van der Waals surface area contributed by atoms with E-state index in [1.54, 1.807) is 13.8 Å². The van der Waals surface area contributed by atoms with Gasteiger partial charge >= 0.3 is 0 Å². The molecule has 14 heavy (non-hydrogen) atoms. The van der Waals surface area contributed by atoms with Crippen LogP contribution in [0.2, 0.25) is 0 Å². The van der Waals surface area contributed by atoms with Crippen LogP contribution in [0.15, 0.2) is 17.3 Å². The van der Waals surface area contributed by atoms with Gasteiger partial charge in [-0.2, -0.15) is 5.10 Å². The zero-order chi connectivity index (χ0) is 11.0. The molecule has 0 aliphatic rings. The first kappa shape index (κ1) is 11.2. The molecule has 0 saturated carbocycles. The summed E-state index contributed by atoms with van der Waals surface area (Å²) in [5, 5.41) is 18.1. The summed E-state index contributed by atoms with van der Waals surface area (Å²) >= 11 is 0. The normalized spacial score (nSPS) is 13.1. The molecule has 0 bridgehead atoms. The van der Waals surface area contributed by atoms with Crippen LogP contribution < -0.4 is 5.14 Å². The van der Waals surface area contributed by atoms with E-state index >= 15 is 0 Å². The minimum absolute atomic E-state index is 0.0539. The highest BCUT2D eigenvalue weighted by molar-refractivity contribution is 7.89. The van der Waals surface area contributed by atoms with E-state index in [0.29, 0.717) is 0 Å². The molecule has 1 rings (SSSR count). The van der Waals surface area contributed by atoms with Crippen molar-refractivity contribution in [3.8, 4) is 0 Å². The second-order valence-corrected chi connectivity index (χ2v) is 5.29. The van der Waals surface area contributed by atoms with Gasteiger partial charge in [-0.15, -0.1) is 0 Å². The summed E-state index contributed by atoms with van der Waals surface area (Å²) in [6.07, 6.45) is 2.44. The molecule has 0 saturated heterocycles. The third-order valence-corrected chi connectivity index (χ3v) is 2.35. The van der Waals surface area contributed by atoms with Gasteiger partial charge in [0.05, 0.1) is 18.3 Å². The summed E-state index contributed by atoms with van der Waals surface area (Å²) in [5.41, 5.74) is -0.943. The monoisotopic (exact) mass is 219 g/mol. The molecular weight excluding hydrogens is 206 g/mol. The molecule has 1 aromatic rings. The van der Waals surface area contributed by atoms with Crippen LogP contribution in [0.5, 0.6) is 0 Å². The van der Waals surface area contributed by atoms with Crippen LogP contribution >= 0.6 is 0 Å². The first-order valence-corrected chi connectivity index (χ1v) is 5.51. The fourth-order valence-electron chi connectivity index (χ4n) is 0.974. The van der Waals surface area contributed by atoms with Crippen LogP contribution in [0.25, 0.3) is 0 Å². The second kappa shape index (κ2) is 3.34. The van der Waals surface area contributed by atoms with Crippen molar-refractivity contribution in [1.82, 2.24) is 9.78 Å². The first-order chi connectivity index (χ1) is 6.18. The Labute approximate surface area is 82.4 Å². The molecule has 0 amide bonds. The van der Waals surface area contributed by atoms with Gasteiger partial charge in [-0.3, -0.25) is 4.68 Å². The summed E-state index contributed by atoms with van der Waals surface area (Å²) in [4.78, 5) is -0.0539. The van der Waals surface area contributed by atoms with Crippen molar-refractivity contribution in [1.29, 1.82) is 0 Å². The first-order valence-electron chi connectivity index (χ1n) is 3.96. The van der Waals surface area contributed by atoms with Gasteiger partial charge in [0.15, 0.2) is 0 Å². The highest BCUT2D eigenvalue weighted by Crippen LogP contribution is 2.08. The topological polar surface area (TPSA) is 98.2 Å². The quantitative estimate of drug-likeness (QED) is 0.702. The summed E-state index contributed by atoms with van der Waals surface area (Å²) in [5.74, 6) is 0. The Kier molecular flexibility index (Phi) is 2.66. The van der Waals surface area contributed by atoms with Crippen molar-refractivity contribution in [2.45, 2.75) is 30.9 Å². The van der Waals surface area contributed by atoms with Crippen molar-refractivity contribution in [2.24, 2.45) is 5.14 Å². The van der Waals surface area contributed by atoms with Gasteiger partial charge in [0.1, 0.15) is 4.90 Å². The van der Waals surface area contributed by atoms with E-state index in [0.717, 1.165) is 6.20 Å². The lowest BCUT2D eigenvalue weighted by Crippen LogP contribution is -2.26. The number of primary sulfonamides is 1. The third-order valence-electron chi connectivity index (χ3n) is 1.49. The summed E-state index contributed by atoms with van der Waals surface area (Å²) < 4.78 is 23.1. The highest BCUT2D eigenvalue weighted by atomic mass is 32.2. The lowest BCUT2D eigenvalue weighted by atomic mass is 10.1. The molecule has 0 aliphatic heterocycles. The zero-order valence-electron chi connectivity index (χ0n) is 8.01. The van der Waals surface area contributed by atoms with Crippen molar-refractivity contribution in [3.63, 3.8) is 0 Å². The third kappa shape index (κ3) is 3.09. The van der Waals surface area contributed by atoms with Crippen LogP contribution in [-0.2, 0) is 16.6 Å². The molecule has 0 spiro atoms. The number of aromatic nitrogens is 2. The van der Waals surface area contributed by atoms with Gasteiger partial charge in [-0.1, -0.05) is 0 Å². The predicted octanol–water partition coefficient (Wildman–Crippen LogP) is -0.699. The minimum Gasteiger partial charge on any atom is -0.389 e. The lowest BCUT2D eigenvalue weighted by molar-refractivity contribution is 0.0577. The van der Waals surface area contributed by atoms with Gasteiger partial charge in [-0.05, 0) is 13.8 Å². The highest BCUT2D eigenvalue weighted by Gasteiger charge is 2.16. The van der Waals surface area contributed by atoms with Crippen molar-refractivity contribution >= 4 is 10.0 Å². The Hall–Kier alpha value is -0.920. The summed E-state index contributed by atoms with van der Waals surface area (Å²) in [6.45, 7) is 3.42.